The number of nitrogens with two attached hydrogens (primary N) is 1. The van der Waals surface area contributed by atoms with E-state index in [0.29, 0.717) is 16.9 Å². The van der Waals surface area contributed by atoms with Crippen molar-refractivity contribution in [2.24, 2.45) is 0 Å². The summed E-state index contributed by atoms with van der Waals surface area (Å²) in [4.78, 5) is 8.91. The summed E-state index contributed by atoms with van der Waals surface area (Å²) in [5.41, 5.74) is 6.37. The number of likely N-dealkylation sites (N-methyl/N-ethyl adjacent to an activating group) is 2. The molecule has 1 fully saturated rings. The molecule has 2 heterocycles. The van der Waals surface area contributed by atoms with Gasteiger partial charge in [0, 0.05) is 44.0 Å². The van der Waals surface area contributed by atoms with Crippen LogP contribution >= 0.6 is 11.6 Å². The van der Waals surface area contributed by atoms with E-state index >= 15 is 0 Å². The van der Waals surface area contributed by atoms with Crippen molar-refractivity contribution in [3.63, 3.8) is 0 Å². The van der Waals surface area contributed by atoms with Crippen molar-refractivity contribution in [3.05, 3.63) is 17.3 Å². The first kappa shape index (κ1) is 13.4. The van der Waals surface area contributed by atoms with Crippen molar-refractivity contribution in [2.75, 3.05) is 51.3 Å². The molecule has 18 heavy (non-hydrogen) atoms. The summed E-state index contributed by atoms with van der Waals surface area (Å²) in [6.45, 7) is 4.11. The molecule has 100 valence electrons. The van der Waals surface area contributed by atoms with Crippen molar-refractivity contribution >= 4 is 23.1 Å². The number of anilines is 2. The Labute approximate surface area is 113 Å². The van der Waals surface area contributed by atoms with Crippen LogP contribution in [-0.4, -0.2) is 61.1 Å². The summed E-state index contributed by atoms with van der Waals surface area (Å²) in [7, 11) is 4.30. The quantitative estimate of drug-likeness (QED) is 0.801. The molecule has 1 aromatic rings. The van der Waals surface area contributed by atoms with Crippen molar-refractivity contribution in [1.29, 1.82) is 0 Å². The zero-order valence-electron chi connectivity index (χ0n) is 10.9. The summed E-state index contributed by atoms with van der Waals surface area (Å²) in [6.07, 6.45) is 0. The lowest BCUT2D eigenvalue weighted by Crippen LogP contribution is -2.52. The lowest BCUT2D eigenvalue weighted by atomic mass is 10.2. The summed E-state index contributed by atoms with van der Waals surface area (Å²) < 4.78 is 0. The first-order valence-corrected chi connectivity index (χ1v) is 6.48. The molecule has 0 aromatic carbocycles. The number of aromatic nitrogens is 1. The fourth-order valence-corrected chi connectivity index (χ4v) is 2.37. The van der Waals surface area contributed by atoms with Crippen LogP contribution in [0, 0.1) is 0 Å². The fourth-order valence-electron chi connectivity index (χ4n) is 2.15. The van der Waals surface area contributed by atoms with Crippen molar-refractivity contribution in [3.8, 4) is 0 Å². The van der Waals surface area contributed by atoms with E-state index in [9.17, 15) is 0 Å². The van der Waals surface area contributed by atoms with Gasteiger partial charge in [-0.3, -0.25) is 4.90 Å². The molecule has 3 N–H and O–H groups in total. The molecule has 1 atom stereocenters. The summed E-state index contributed by atoms with van der Waals surface area (Å²) in [6, 6.07) is 3.93. The molecule has 0 aliphatic carbocycles. The third kappa shape index (κ3) is 3.48. The highest BCUT2D eigenvalue weighted by molar-refractivity contribution is 6.29. The molecule has 1 aromatic heterocycles. The average Bonchev–Trinajstić information content (AvgIpc) is 2.29. The SMILES string of the molecule is CN1CCN(C)C(CNc2cc(N)cc(Cl)n2)C1. The molecule has 0 saturated carbocycles. The minimum Gasteiger partial charge on any atom is -0.399 e. The summed E-state index contributed by atoms with van der Waals surface area (Å²) in [5, 5.41) is 3.73. The van der Waals surface area contributed by atoms with Crippen LogP contribution in [0.15, 0.2) is 12.1 Å². The lowest BCUT2D eigenvalue weighted by Gasteiger charge is -2.37. The van der Waals surface area contributed by atoms with E-state index in [1.165, 1.54) is 0 Å². The first-order valence-electron chi connectivity index (χ1n) is 6.10. The maximum atomic E-state index is 5.87. The minimum atomic E-state index is 0.423. The van der Waals surface area contributed by atoms with Crippen molar-refractivity contribution < 1.29 is 0 Å². The van der Waals surface area contributed by atoms with Gasteiger partial charge >= 0.3 is 0 Å². The van der Waals surface area contributed by atoms with Gasteiger partial charge in [0.05, 0.1) is 0 Å². The highest BCUT2D eigenvalue weighted by Gasteiger charge is 2.21. The molecule has 0 bridgehead atoms. The van der Waals surface area contributed by atoms with Gasteiger partial charge < -0.3 is 16.0 Å². The van der Waals surface area contributed by atoms with Gasteiger partial charge in [0.2, 0.25) is 0 Å². The predicted molar refractivity (Wildman–Crippen MR) is 76.1 cm³/mol. The average molecular weight is 270 g/mol. The van der Waals surface area contributed by atoms with Gasteiger partial charge in [0.25, 0.3) is 0 Å². The number of hydrogen-bond acceptors (Lipinski definition) is 5. The van der Waals surface area contributed by atoms with E-state index in [-0.39, 0.29) is 0 Å². The van der Waals surface area contributed by atoms with E-state index in [0.717, 1.165) is 32.0 Å². The Hall–Kier alpha value is -1.04. The van der Waals surface area contributed by atoms with Crippen LogP contribution < -0.4 is 11.1 Å². The lowest BCUT2D eigenvalue weighted by molar-refractivity contribution is 0.122. The van der Waals surface area contributed by atoms with E-state index in [1.807, 2.05) is 0 Å². The third-order valence-electron chi connectivity index (χ3n) is 3.32. The maximum absolute atomic E-state index is 5.87. The molecule has 1 unspecified atom stereocenters. The molecule has 1 aliphatic heterocycles. The number of nitrogen functional groups attached to an aromatic ring is 1. The Morgan fingerprint density at radius 3 is 2.94 bits per heavy atom. The number of piperazine rings is 1. The van der Waals surface area contributed by atoms with Crippen molar-refractivity contribution in [1.82, 2.24) is 14.8 Å². The summed E-state index contributed by atoms with van der Waals surface area (Å²) >= 11 is 5.87. The van der Waals surface area contributed by atoms with Gasteiger partial charge in [0.1, 0.15) is 11.0 Å². The highest BCUT2D eigenvalue weighted by Crippen LogP contribution is 2.16. The molecule has 0 radical (unpaired) electrons. The molecule has 1 aliphatic rings. The Morgan fingerprint density at radius 1 is 1.44 bits per heavy atom. The predicted octanol–water partition coefficient (Wildman–Crippen LogP) is 0.975. The Morgan fingerprint density at radius 2 is 2.22 bits per heavy atom. The standard InChI is InChI=1S/C12H20ClN5/c1-17-3-4-18(2)10(8-17)7-15-12-6-9(14)5-11(13)16-12/h5-6,10H,3-4,7-8H2,1-2H3,(H3,14,15,16). The molecule has 2 rings (SSSR count). The van der Waals surface area contributed by atoms with Crippen LogP contribution in [0.1, 0.15) is 0 Å². The molecule has 6 heteroatoms. The second kappa shape index (κ2) is 5.73. The molecule has 1 saturated heterocycles. The van der Waals surface area contributed by atoms with Crippen LogP contribution in [0.3, 0.4) is 0 Å². The normalized spacial score (nSPS) is 22.1. The van der Waals surface area contributed by atoms with E-state index in [2.05, 4.69) is 34.2 Å². The Kier molecular flexibility index (Phi) is 4.27. The second-order valence-electron chi connectivity index (χ2n) is 4.89. The zero-order valence-corrected chi connectivity index (χ0v) is 11.6. The van der Waals surface area contributed by atoms with Gasteiger partial charge in [-0.15, -0.1) is 0 Å². The van der Waals surface area contributed by atoms with E-state index in [4.69, 9.17) is 17.3 Å². The molecule has 0 spiro atoms. The second-order valence-corrected chi connectivity index (χ2v) is 5.27. The van der Waals surface area contributed by atoms with Gasteiger partial charge in [-0.25, -0.2) is 4.98 Å². The van der Waals surface area contributed by atoms with Crippen LogP contribution in [0.25, 0.3) is 0 Å². The maximum Gasteiger partial charge on any atom is 0.133 e. The smallest absolute Gasteiger partial charge is 0.133 e. The molecule has 5 nitrogen and oxygen atoms in total. The van der Waals surface area contributed by atoms with Gasteiger partial charge in [0.15, 0.2) is 0 Å². The monoisotopic (exact) mass is 269 g/mol. The number of nitrogens with one attached hydrogen (secondary N) is 1. The molecule has 0 amide bonds. The Bertz CT molecular complexity index is 391. The zero-order chi connectivity index (χ0) is 13.1. The van der Waals surface area contributed by atoms with Gasteiger partial charge in [-0.05, 0) is 20.2 Å². The number of nitrogens with zero attached hydrogens (tertiary/aromatic N) is 3. The van der Waals surface area contributed by atoms with Gasteiger partial charge in [-0.2, -0.15) is 0 Å². The van der Waals surface area contributed by atoms with Crippen LogP contribution in [0.2, 0.25) is 5.15 Å². The molecular formula is C12H20ClN5. The number of rotatable bonds is 3. The number of halogens is 1. The number of hydrogen-bond donors (Lipinski definition) is 2. The van der Waals surface area contributed by atoms with Crippen LogP contribution in [0.4, 0.5) is 11.5 Å². The molecular weight excluding hydrogens is 250 g/mol. The topological polar surface area (TPSA) is 57.4 Å². The first-order chi connectivity index (χ1) is 8.54. The largest absolute Gasteiger partial charge is 0.399 e. The van der Waals surface area contributed by atoms with Gasteiger partial charge in [-0.1, -0.05) is 11.6 Å². The third-order valence-corrected chi connectivity index (χ3v) is 3.51. The summed E-state index contributed by atoms with van der Waals surface area (Å²) in [5.74, 6) is 0.738. The highest BCUT2D eigenvalue weighted by atomic mass is 35.5. The van der Waals surface area contributed by atoms with Crippen LogP contribution in [-0.2, 0) is 0 Å². The van der Waals surface area contributed by atoms with E-state index in [1.54, 1.807) is 12.1 Å². The van der Waals surface area contributed by atoms with Crippen LogP contribution in [0.5, 0.6) is 0 Å². The number of pyridine rings is 1. The Balaban J connectivity index is 1.94. The fraction of sp³-hybridized carbons (Fsp3) is 0.583. The minimum absolute atomic E-state index is 0.423. The van der Waals surface area contributed by atoms with E-state index < -0.39 is 0 Å². The van der Waals surface area contributed by atoms with Crippen molar-refractivity contribution in [2.45, 2.75) is 6.04 Å².